The minimum atomic E-state index is 0.0409. The highest BCUT2D eigenvalue weighted by molar-refractivity contribution is 5.02. The van der Waals surface area contributed by atoms with Gasteiger partial charge in [-0.2, -0.15) is 5.26 Å². The van der Waals surface area contributed by atoms with E-state index in [1.807, 2.05) is 0 Å². The predicted octanol–water partition coefficient (Wildman–Crippen LogP) is 5.70. The third-order valence-corrected chi connectivity index (χ3v) is 5.98. The van der Waals surface area contributed by atoms with Gasteiger partial charge in [-0.25, -0.2) is 0 Å². The second kappa shape index (κ2) is 6.78. The molecule has 1 heteroatoms. The average molecular weight is 261 g/mol. The van der Waals surface area contributed by atoms with Crippen molar-refractivity contribution in [2.75, 3.05) is 0 Å². The summed E-state index contributed by atoms with van der Waals surface area (Å²) in [5.74, 6) is 2.79. The summed E-state index contributed by atoms with van der Waals surface area (Å²) < 4.78 is 0. The van der Waals surface area contributed by atoms with E-state index in [1.165, 1.54) is 57.8 Å². The Labute approximate surface area is 119 Å². The lowest BCUT2D eigenvalue weighted by Gasteiger charge is -2.41. The van der Waals surface area contributed by atoms with Crippen LogP contribution in [0.25, 0.3) is 0 Å². The number of rotatable bonds is 4. The minimum absolute atomic E-state index is 0.0409. The molecule has 0 aromatic rings. The molecular weight excluding hydrogens is 230 g/mol. The lowest BCUT2D eigenvalue weighted by molar-refractivity contribution is 0.105. The maximum absolute atomic E-state index is 9.62. The number of hydrogen-bond acceptors (Lipinski definition) is 1. The van der Waals surface area contributed by atoms with Crippen molar-refractivity contribution in [2.45, 2.75) is 84.5 Å². The van der Waals surface area contributed by atoms with Crippen LogP contribution >= 0.6 is 0 Å². The van der Waals surface area contributed by atoms with Gasteiger partial charge in [-0.3, -0.25) is 0 Å². The van der Waals surface area contributed by atoms with E-state index in [0.29, 0.717) is 0 Å². The van der Waals surface area contributed by atoms with E-state index in [-0.39, 0.29) is 5.41 Å². The molecule has 19 heavy (non-hydrogen) atoms. The van der Waals surface area contributed by atoms with Crippen molar-refractivity contribution in [3.05, 3.63) is 0 Å². The van der Waals surface area contributed by atoms with Crippen molar-refractivity contribution in [1.82, 2.24) is 0 Å². The second-order valence-electron chi connectivity index (χ2n) is 7.19. The Morgan fingerprint density at radius 1 is 1.05 bits per heavy atom. The van der Waals surface area contributed by atoms with Gasteiger partial charge in [0, 0.05) is 0 Å². The molecule has 0 amide bonds. The molecular formula is C18H31N. The zero-order chi connectivity index (χ0) is 13.7. The Morgan fingerprint density at radius 3 is 2.37 bits per heavy atom. The molecule has 2 unspecified atom stereocenters. The summed E-state index contributed by atoms with van der Waals surface area (Å²) in [6.45, 7) is 4.57. The van der Waals surface area contributed by atoms with Crippen LogP contribution in [0.2, 0.25) is 0 Å². The molecule has 2 saturated carbocycles. The Morgan fingerprint density at radius 2 is 1.79 bits per heavy atom. The summed E-state index contributed by atoms with van der Waals surface area (Å²) in [7, 11) is 0. The largest absolute Gasteiger partial charge is 0.198 e. The van der Waals surface area contributed by atoms with Crippen LogP contribution in [0.5, 0.6) is 0 Å². The molecule has 2 fully saturated rings. The van der Waals surface area contributed by atoms with Crippen LogP contribution in [-0.2, 0) is 0 Å². The van der Waals surface area contributed by atoms with Crippen molar-refractivity contribution in [3.63, 3.8) is 0 Å². The Balaban J connectivity index is 1.92. The maximum atomic E-state index is 9.62. The maximum Gasteiger partial charge on any atom is 0.0689 e. The van der Waals surface area contributed by atoms with Crippen molar-refractivity contribution in [1.29, 1.82) is 5.26 Å². The highest BCUT2D eigenvalue weighted by atomic mass is 14.5. The Hall–Kier alpha value is -0.510. The van der Waals surface area contributed by atoms with Crippen LogP contribution in [0.1, 0.15) is 84.5 Å². The monoisotopic (exact) mass is 261 g/mol. The van der Waals surface area contributed by atoms with Crippen molar-refractivity contribution < 1.29 is 0 Å². The lowest BCUT2D eigenvalue weighted by atomic mass is 9.62. The summed E-state index contributed by atoms with van der Waals surface area (Å²) >= 11 is 0. The van der Waals surface area contributed by atoms with Gasteiger partial charge in [0.25, 0.3) is 0 Å². The first-order valence-electron chi connectivity index (χ1n) is 8.64. The van der Waals surface area contributed by atoms with E-state index in [2.05, 4.69) is 19.9 Å². The second-order valence-corrected chi connectivity index (χ2v) is 7.19. The molecule has 2 rings (SSSR count). The van der Waals surface area contributed by atoms with Gasteiger partial charge < -0.3 is 0 Å². The summed E-state index contributed by atoms with van der Waals surface area (Å²) in [6, 6.07) is 2.71. The van der Waals surface area contributed by atoms with E-state index in [1.54, 1.807) is 0 Å². The summed E-state index contributed by atoms with van der Waals surface area (Å²) in [5, 5.41) is 9.62. The van der Waals surface area contributed by atoms with Crippen molar-refractivity contribution in [2.24, 2.45) is 23.2 Å². The van der Waals surface area contributed by atoms with Crippen LogP contribution in [0.15, 0.2) is 0 Å². The van der Waals surface area contributed by atoms with Gasteiger partial charge in [0.2, 0.25) is 0 Å². The van der Waals surface area contributed by atoms with E-state index < -0.39 is 0 Å². The third-order valence-electron chi connectivity index (χ3n) is 5.98. The van der Waals surface area contributed by atoms with E-state index in [0.717, 1.165) is 30.6 Å². The molecule has 0 bridgehead atoms. The van der Waals surface area contributed by atoms with Crippen LogP contribution in [0.4, 0.5) is 0 Å². The van der Waals surface area contributed by atoms with E-state index in [9.17, 15) is 5.26 Å². The van der Waals surface area contributed by atoms with Gasteiger partial charge in [0.05, 0.1) is 11.5 Å². The number of nitriles is 1. The van der Waals surface area contributed by atoms with E-state index >= 15 is 0 Å². The lowest BCUT2D eigenvalue weighted by Crippen LogP contribution is -2.32. The molecule has 2 aliphatic carbocycles. The molecule has 0 spiro atoms. The highest BCUT2D eigenvalue weighted by Gasteiger charge is 2.39. The summed E-state index contributed by atoms with van der Waals surface area (Å²) in [5.41, 5.74) is 0.0409. The van der Waals surface area contributed by atoms with Crippen LogP contribution in [0, 0.1) is 34.5 Å². The molecule has 0 N–H and O–H groups in total. The molecule has 0 saturated heterocycles. The first kappa shape index (κ1) is 14.9. The van der Waals surface area contributed by atoms with Gasteiger partial charge in [-0.1, -0.05) is 52.4 Å². The molecule has 108 valence electrons. The number of hydrogen-bond donors (Lipinski definition) is 0. The van der Waals surface area contributed by atoms with Gasteiger partial charge in [-0.05, 0) is 49.9 Å². The fourth-order valence-electron chi connectivity index (χ4n) is 4.74. The average Bonchev–Trinajstić information content (AvgIpc) is 2.48. The van der Waals surface area contributed by atoms with Crippen LogP contribution in [-0.4, -0.2) is 0 Å². The number of nitrogens with zero attached hydrogens (tertiary/aromatic N) is 1. The fraction of sp³-hybridized carbons (Fsp3) is 0.944. The minimum Gasteiger partial charge on any atom is -0.198 e. The summed E-state index contributed by atoms with van der Waals surface area (Å²) in [6.07, 6.45) is 14.5. The fourth-order valence-corrected chi connectivity index (χ4v) is 4.74. The van der Waals surface area contributed by atoms with Crippen molar-refractivity contribution >= 4 is 0 Å². The highest BCUT2D eigenvalue weighted by Crippen LogP contribution is 2.48. The molecule has 2 atom stereocenters. The molecule has 0 heterocycles. The summed E-state index contributed by atoms with van der Waals surface area (Å²) in [4.78, 5) is 0. The van der Waals surface area contributed by atoms with Gasteiger partial charge >= 0.3 is 0 Å². The van der Waals surface area contributed by atoms with E-state index in [4.69, 9.17) is 0 Å². The molecule has 0 aromatic carbocycles. The third kappa shape index (κ3) is 3.53. The topological polar surface area (TPSA) is 23.8 Å². The SMILES string of the molecule is CCCC1(C#N)CCCC(C2CCC(CC)CC2)C1. The quantitative estimate of drug-likeness (QED) is 0.636. The molecule has 0 radical (unpaired) electrons. The Kier molecular flexibility index (Phi) is 5.31. The molecule has 0 aromatic heterocycles. The van der Waals surface area contributed by atoms with Crippen LogP contribution < -0.4 is 0 Å². The van der Waals surface area contributed by atoms with Crippen molar-refractivity contribution in [3.8, 4) is 6.07 Å². The smallest absolute Gasteiger partial charge is 0.0689 e. The normalized spacial score (nSPS) is 39.7. The standard InChI is InChI=1S/C18H31N/c1-3-11-18(14-19)12-5-6-17(13-18)16-9-7-15(4-2)8-10-16/h15-17H,3-13H2,1-2H3. The molecule has 0 aliphatic heterocycles. The zero-order valence-electron chi connectivity index (χ0n) is 13.0. The van der Waals surface area contributed by atoms with Gasteiger partial charge in [0.1, 0.15) is 0 Å². The first-order valence-corrected chi connectivity index (χ1v) is 8.64. The van der Waals surface area contributed by atoms with Gasteiger partial charge in [0.15, 0.2) is 0 Å². The molecule has 1 nitrogen and oxygen atoms in total. The first-order chi connectivity index (χ1) is 9.23. The Bertz CT molecular complexity index is 304. The van der Waals surface area contributed by atoms with Gasteiger partial charge in [-0.15, -0.1) is 0 Å². The predicted molar refractivity (Wildman–Crippen MR) is 80.7 cm³/mol. The zero-order valence-corrected chi connectivity index (χ0v) is 13.0. The van der Waals surface area contributed by atoms with Crippen LogP contribution in [0.3, 0.4) is 0 Å². The molecule has 2 aliphatic rings.